The van der Waals surface area contributed by atoms with Crippen molar-refractivity contribution in [1.29, 1.82) is 0 Å². The van der Waals surface area contributed by atoms with Crippen LogP contribution in [0.15, 0.2) is 23.2 Å². The Bertz CT molecular complexity index is 868. The number of amides is 1. The molecule has 0 bridgehead atoms. The summed E-state index contributed by atoms with van der Waals surface area (Å²) in [7, 11) is -1.58. The number of ether oxygens (including phenoxy) is 1. The van der Waals surface area contributed by atoms with Gasteiger partial charge in [0.15, 0.2) is 15.0 Å². The van der Waals surface area contributed by atoms with Crippen LogP contribution in [0.5, 0.6) is 5.75 Å². The molecule has 27 heavy (non-hydrogen) atoms. The molecule has 3 rings (SSSR count). The molecule has 0 aromatic heterocycles. The lowest BCUT2D eigenvalue weighted by molar-refractivity contribution is -0.121. The number of hydrogen-bond donors (Lipinski definition) is 0. The van der Waals surface area contributed by atoms with Crippen LogP contribution in [0.2, 0.25) is 5.02 Å². The van der Waals surface area contributed by atoms with Gasteiger partial charge in [-0.05, 0) is 31.0 Å². The van der Waals surface area contributed by atoms with E-state index in [9.17, 15) is 13.2 Å². The predicted octanol–water partition coefficient (Wildman–Crippen LogP) is 3.39. The maximum atomic E-state index is 12.6. The smallest absolute Gasteiger partial charge is 0.251 e. The number of halogens is 1. The second-order valence-electron chi connectivity index (χ2n) is 6.73. The Kier molecular flexibility index (Phi) is 6.08. The van der Waals surface area contributed by atoms with Gasteiger partial charge in [-0.25, -0.2) is 8.42 Å². The Morgan fingerprint density at radius 2 is 2.07 bits per heavy atom. The zero-order valence-electron chi connectivity index (χ0n) is 15.5. The molecule has 0 aliphatic carbocycles. The van der Waals surface area contributed by atoms with Crippen molar-refractivity contribution in [3.63, 3.8) is 0 Å². The number of rotatable bonds is 5. The number of nitrogens with zero attached hydrogens (tertiary/aromatic N) is 2. The Balaban J connectivity index is 2.07. The molecule has 2 heterocycles. The molecule has 2 saturated heterocycles. The van der Waals surface area contributed by atoms with Gasteiger partial charge in [0.25, 0.3) is 5.91 Å². The maximum absolute atomic E-state index is 12.6. The standard InChI is InChI=1S/C18H23ClN2O4S2/c1-4-11(5-2)17(22)20-18-21(13-8-12(19)6-7-15(13)25-3)14-9-27(23,24)10-16(14)26-18/h6-8,11,14,16H,4-5,9-10H2,1-3H3/t14-,16-/m0/s1. The number of thioether (sulfide) groups is 1. The molecule has 9 heteroatoms. The predicted molar refractivity (Wildman–Crippen MR) is 111 cm³/mol. The third-order valence-electron chi connectivity index (χ3n) is 5.01. The van der Waals surface area contributed by atoms with Gasteiger partial charge in [-0.3, -0.25) is 4.79 Å². The first kappa shape index (κ1) is 20.5. The average Bonchev–Trinajstić information content (AvgIpc) is 3.06. The zero-order valence-corrected chi connectivity index (χ0v) is 17.9. The van der Waals surface area contributed by atoms with Crippen LogP contribution < -0.4 is 9.64 Å². The quantitative estimate of drug-likeness (QED) is 0.712. The van der Waals surface area contributed by atoms with Crippen LogP contribution in [-0.4, -0.2) is 49.4 Å². The zero-order chi connectivity index (χ0) is 19.8. The number of sulfone groups is 1. The minimum absolute atomic E-state index is 0.0263. The van der Waals surface area contributed by atoms with Crippen LogP contribution in [0, 0.1) is 5.92 Å². The number of carbonyl (C=O) groups is 1. The summed E-state index contributed by atoms with van der Waals surface area (Å²) in [6.07, 6.45) is 1.44. The van der Waals surface area contributed by atoms with E-state index in [0.29, 0.717) is 21.6 Å². The summed E-state index contributed by atoms with van der Waals surface area (Å²) < 4.78 is 29.8. The van der Waals surface area contributed by atoms with Crippen molar-refractivity contribution >= 4 is 50.0 Å². The molecule has 0 saturated carbocycles. The van der Waals surface area contributed by atoms with E-state index in [0.717, 1.165) is 12.8 Å². The van der Waals surface area contributed by atoms with E-state index in [4.69, 9.17) is 16.3 Å². The van der Waals surface area contributed by atoms with E-state index in [-0.39, 0.29) is 34.6 Å². The third-order valence-corrected chi connectivity index (χ3v) is 8.45. The number of amidine groups is 1. The Hall–Kier alpha value is -1.25. The fourth-order valence-electron chi connectivity index (χ4n) is 3.52. The summed E-state index contributed by atoms with van der Waals surface area (Å²) in [6.45, 7) is 3.93. The van der Waals surface area contributed by atoms with E-state index in [1.54, 1.807) is 25.3 Å². The maximum Gasteiger partial charge on any atom is 0.251 e. The second-order valence-corrected chi connectivity index (χ2v) is 10.5. The molecule has 2 aliphatic rings. The average molecular weight is 431 g/mol. The highest BCUT2D eigenvalue weighted by Gasteiger charge is 2.50. The molecule has 1 aromatic carbocycles. The van der Waals surface area contributed by atoms with Crippen molar-refractivity contribution in [3.05, 3.63) is 23.2 Å². The minimum Gasteiger partial charge on any atom is -0.495 e. The molecule has 0 spiro atoms. The van der Waals surface area contributed by atoms with Gasteiger partial charge in [-0.2, -0.15) is 4.99 Å². The molecule has 1 aromatic rings. The van der Waals surface area contributed by atoms with E-state index in [1.807, 2.05) is 18.7 Å². The lowest BCUT2D eigenvalue weighted by Gasteiger charge is -2.26. The molecule has 0 unspecified atom stereocenters. The van der Waals surface area contributed by atoms with Crippen LogP contribution >= 0.6 is 23.4 Å². The third kappa shape index (κ3) is 4.12. The topological polar surface area (TPSA) is 76.0 Å². The lowest BCUT2D eigenvalue weighted by Crippen LogP contribution is -2.38. The first-order valence-corrected chi connectivity index (χ1v) is 12.0. The highest BCUT2D eigenvalue weighted by atomic mass is 35.5. The largest absolute Gasteiger partial charge is 0.495 e. The van der Waals surface area contributed by atoms with Crippen molar-refractivity contribution in [2.75, 3.05) is 23.5 Å². The van der Waals surface area contributed by atoms with Gasteiger partial charge < -0.3 is 9.64 Å². The monoisotopic (exact) mass is 430 g/mol. The van der Waals surface area contributed by atoms with Crippen LogP contribution in [0.1, 0.15) is 26.7 Å². The van der Waals surface area contributed by atoms with Gasteiger partial charge in [-0.15, -0.1) is 0 Å². The summed E-state index contributed by atoms with van der Waals surface area (Å²) in [4.78, 5) is 18.8. The summed E-state index contributed by atoms with van der Waals surface area (Å²) >= 11 is 7.54. The van der Waals surface area contributed by atoms with Crippen molar-refractivity contribution < 1.29 is 17.9 Å². The Labute approximate surface area is 169 Å². The summed E-state index contributed by atoms with van der Waals surface area (Å²) in [5, 5.41) is 0.870. The number of anilines is 1. The summed E-state index contributed by atoms with van der Waals surface area (Å²) in [6, 6.07) is 4.88. The number of methoxy groups -OCH3 is 1. The van der Waals surface area contributed by atoms with E-state index >= 15 is 0 Å². The first-order chi connectivity index (χ1) is 12.8. The van der Waals surface area contributed by atoms with Crippen LogP contribution in [-0.2, 0) is 14.6 Å². The molecule has 0 radical (unpaired) electrons. The molecule has 0 N–H and O–H groups in total. The highest BCUT2D eigenvalue weighted by Crippen LogP contribution is 2.44. The molecular formula is C18H23ClN2O4S2. The van der Waals surface area contributed by atoms with E-state index < -0.39 is 9.84 Å². The van der Waals surface area contributed by atoms with E-state index in [1.165, 1.54) is 11.8 Å². The highest BCUT2D eigenvalue weighted by molar-refractivity contribution is 8.16. The molecule has 148 valence electrons. The molecule has 2 aliphatic heterocycles. The lowest BCUT2D eigenvalue weighted by atomic mass is 10.0. The normalized spacial score (nSPS) is 25.2. The molecule has 6 nitrogen and oxygen atoms in total. The molecule has 2 fully saturated rings. The van der Waals surface area contributed by atoms with Gasteiger partial charge in [0, 0.05) is 16.2 Å². The number of benzene rings is 1. The fourth-order valence-corrected chi connectivity index (χ4v) is 7.60. The van der Waals surface area contributed by atoms with Gasteiger partial charge >= 0.3 is 0 Å². The van der Waals surface area contributed by atoms with E-state index in [2.05, 4.69) is 4.99 Å². The fraction of sp³-hybridized carbons (Fsp3) is 0.556. The summed E-state index contributed by atoms with van der Waals surface area (Å²) in [5.41, 5.74) is 0.637. The van der Waals surface area contributed by atoms with Crippen LogP contribution in [0.3, 0.4) is 0 Å². The Morgan fingerprint density at radius 1 is 1.37 bits per heavy atom. The van der Waals surface area contributed by atoms with Crippen molar-refractivity contribution in [2.24, 2.45) is 10.9 Å². The molecular weight excluding hydrogens is 408 g/mol. The molecule has 2 atom stereocenters. The van der Waals surface area contributed by atoms with Gasteiger partial charge in [0.05, 0.1) is 30.3 Å². The number of aliphatic imine (C=N–C) groups is 1. The SMILES string of the molecule is CCC(CC)C(=O)N=C1S[C@H]2CS(=O)(=O)C[C@@H]2N1c1cc(Cl)ccc1OC. The van der Waals surface area contributed by atoms with Gasteiger partial charge in [0.2, 0.25) is 0 Å². The summed E-state index contributed by atoms with van der Waals surface area (Å²) in [5.74, 6) is 0.368. The van der Waals surface area contributed by atoms with Crippen molar-refractivity contribution in [2.45, 2.75) is 38.0 Å². The Morgan fingerprint density at radius 3 is 2.70 bits per heavy atom. The van der Waals surface area contributed by atoms with Crippen LogP contribution in [0.4, 0.5) is 5.69 Å². The second kappa shape index (κ2) is 8.01. The van der Waals surface area contributed by atoms with Gasteiger partial charge in [0.1, 0.15) is 5.75 Å². The van der Waals surface area contributed by atoms with Crippen LogP contribution in [0.25, 0.3) is 0 Å². The minimum atomic E-state index is -3.13. The number of hydrogen-bond acceptors (Lipinski definition) is 5. The van der Waals surface area contributed by atoms with Crippen molar-refractivity contribution in [1.82, 2.24) is 0 Å². The molecule has 1 amide bonds. The number of carbonyl (C=O) groups excluding carboxylic acids is 1. The van der Waals surface area contributed by atoms with Crippen molar-refractivity contribution in [3.8, 4) is 5.75 Å². The first-order valence-electron chi connectivity index (χ1n) is 8.92. The van der Waals surface area contributed by atoms with Gasteiger partial charge in [-0.1, -0.05) is 37.2 Å². The number of fused-ring (bicyclic) bond motifs is 1.